The number of nitrogens with one attached hydrogen (secondary N) is 1. The summed E-state index contributed by atoms with van der Waals surface area (Å²) >= 11 is 0. The minimum atomic E-state index is 0.524. The zero-order valence-electron chi connectivity index (χ0n) is 12.7. The molecule has 0 amide bonds. The van der Waals surface area contributed by atoms with Gasteiger partial charge in [0.25, 0.3) is 0 Å². The van der Waals surface area contributed by atoms with E-state index in [1.165, 1.54) is 0 Å². The quantitative estimate of drug-likeness (QED) is 0.752. The fraction of sp³-hybridized carbons (Fsp3) is 0.600. The normalized spacial score (nSPS) is 11.4. The van der Waals surface area contributed by atoms with Crippen molar-refractivity contribution in [2.75, 3.05) is 6.54 Å². The molecule has 0 aromatic carbocycles. The maximum Gasteiger partial charge on any atom is 0.109 e. The van der Waals surface area contributed by atoms with Crippen LogP contribution in [-0.4, -0.2) is 25.9 Å². The summed E-state index contributed by atoms with van der Waals surface area (Å²) in [4.78, 5) is 4.31. The summed E-state index contributed by atoms with van der Waals surface area (Å²) in [6.45, 7) is 6.15. The maximum absolute atomic E-state index is 4.64. The molecule has 20 heavy (non-hydrogen) atoms. The standard InChI is InChI=1S/C15H25N5/c1-4-14(5-2)20-10-7-13(18-20)12-16-8-6-15-17-9-11-19(15)3/h7,9-11,14,16H,4-6,8,12H2,1-3H3. The third-order valence-electron chi connectivity index (χ3n) is 3.73. The van der Waals surface area contributed by atoms with Gasteiger partial charge in [0, 0.05) is 45.1 Å². The highest BCUT2D eigenvalue weighted by Gasteiger charge is 2.07. The average Bonchev–Trinajstić information content (AvgIpc) is 3.06. The second-order valence-corrected chi connectivity index (χ2v) is 5.14. The lowest BCUT2D eigenvalue weighted by Gasteiger charge is -2.12. The van der Waals surface area contributed by atoms with Crippen LogP contribution in [0.5, 0.6) is 0 Å². The highest BCUT2D eigenvalue weighted by molar-refractivity contribution is 4.99. The minimum Gasteiger partial charge on any atom is -0.338 e. The van der Waals surface area contributed by atoms with Gasteiger partial charge in [-0.1, -0.05) is 13.8 Å². The molecule has 0 fully saturated rings. The predicted molar refractivity (Wildman–Crippen MR) is 80.5 cm³/mol. The molecule has 0 atom stereocenters. The predicted octanol–water partition coefficient (Wildman–Crippen LogP) is 2.31. The number of imidazole rings is 1. The van der Waals surface area contributed by atoms with E-state index in [4.69, 9.17) is 0 Å². The Morgan fingerprint density at radius 1 is 1.25 bits per heavy atom. The van der Waals surface area contributed by atoms with E-state index in [0.29, 0.717) is 6.04 Å². The number of aryl methyl sites for hydroxylation is 1. The van der Waals surface area contributed by atoms with E-state index in [-0.39, 0.29) is 0 Å². The molecule has 2 aromatic rings. The van der Waals surface area contributed by atoms with Gasteiger partial charge in [-0.25, -0.2) is 4.98 Å². The Balaban J connectivity index is 1.76. The Hall–Kier alpha value is -1.62. The van der Waals surface area contributed by atoms with Crippen molar-refractivity contribution in [2.24, 2.45) is 7.05 Å². The number of hydrogen-bond donors (Lipinski definition) is 1. The zero-order valence-corrected chi connectivity index (χ0v) is 12.7. The van der Waals surface area contributed by atoms with Crippen LogP contribution in [-0.2, 0) is 20.0 Å². The molecular formula is C15H25N5. The summed E-state index contributed by atoms with van der Waals surface area (Å²) in [5.41, 5.74) is 1.11. The molecule has 5 heteroatoms. The molecular weight excluding hydrogens is 250 g/mol. The van der Waals surface area contributed by atoms with Crippen LogP contribution in [0.1, 0.15) is 44.2 Å². The van der Waals surface area contributed by atoms with Crippen LogP contribution in [0, 0.1) is 0 Å². The Morgan fingerprint density at radius 3 is 2.70 bits per heavy atom. The molecule has 2 aromatic heterocycles. The lowest BCUT2D eigenvalue weighted by molar-refractivity contribution is 0.424. The fourth-order valence-electron chi connectivity index (χ4n) is 2.39. The molecule has 2 rings (SSSR count). The van der Waals surface area contributed by atoms with Crippen molar-refractivity contribution < 1.29 is 0 Å². The van der Waals surface area contributed by atoms with Crippen LogP contribution in [0.2, 0.25) is 0 Å². The molecule has 1 N–H and O–H groups in total. The SMILES string of the molecule is CCC(CC)n1ccc(CNCCc2nccn2C)n1. The van der Waals surface area contributed by atoms with Crippen LogP contribution in [0.3, 0.4) is 0 Å². The monoisotopic (exact) mass is 275 g/mol. The second-order valence-electron chi connectivity index (χ2n) is 5.14. The summed E-state index contributed by atoms with van der Waals surface area (Å²) < 4.78 is 4.15. The van der Waals surface area contributed by atoms with E-state index in [0.717, 1.165) is 43.9 Å². The first-order chi connectivity index (χ1) is 9.74. The van der Waals surface area contributed by atoms with Crippen molar-refractivity contribution in [2.45, 2.75) is 45.7 Å². The number of aromatic nitrogens is 4. The van der Waals surface area contributed by atoms with Gasteiger partial charge in [-0.15, -0.1) is 0 Å². The summed E-state index contributed by atoms with van der Waals surface area (Å²) in [6.07, 6.45) is 9.11. The first-order valence-electron chi connectivity index (χ1n) is 7.45. The Morgan fingerprint density at radius 2 is 2.05 bits per heavy atom. The topological polar surface area (TPSA) is 47.7 Å². The second kappa shape index (κ2) is 7.24. The highest BCUT2D eigenvalue weighted by atomic mass is 15.3. The van der Waals surface area contributed by atoms with Gasteiger partial charge in [-0.2, -0.15) is 5.10 Å². The third kappa shape index (κ3) is 3.70. The molecule has 0 spiro atoms. The summed E-state index contributed by atoms with van der Waals surface area (Å²) in [6, 6.07) is 2.63. The van der Waals surface area contributed by atoms with Crippen molar-refractivity contribution in [3.05, 3.63) is 36.2 Å². The third-order valence-corrected chi connectivity index (χ3v) is 3.73. The van der Waals surface area contributed by atoms with Gasteiger partial charge < -0.3 is 9.88 Å². The Kier molecular flexibility index (Phi) is 5.35. The van der Waals surface area contributed by atoms with Gasteiger partial charge in [0.1, 0.15) is 5.82 Å². The van der Waals surface area contributed by atoms with Crippen molar-refractivity contribution >= 4 is 0 Å². The Bertz CT molecular complexity index is 510. The van der Waals surface area contributed by atoms with Gasteiger partial charge in [-0.05, 0) is 18.9 Å². The summed E-state index contributed by atoms with van der Waals surface area (Å²) in [5, 5.41) is 8.06. The van der Waals surface area contributed by atoms with Gasteiger partial charge in [0.05, 0.1) is 11.7 Å². The first kappa shape index (κ1) is 14.8. The van der Waals surface area contributed by atoms with E-state index >= 15 is 0 Å². The van der Waals surface area contributed by atoms with Crippen LogP contribution < -0.4 is 5.32 Å². The van der Waals surface area contributed by atoms with E-state index < -0.39 is 0 Å². The average molecular weight is 275 g/mol. The molecule has 0 aliphatic carbocycles. The molecule has 0 aliphatic rings. The van der Waals surface area contributed by atoms with Gasteiger partial charge in [0.15, 0.2) is 0 Å². The highest BCUT2D eigenvalue weighted by Crippen LogP contribution is 2.14. The fourth-order valence-corrected chi connectivity index (χ4v) is 2.39. The van der Waals surface area contributed by atoms with E-state index in [9.17, 15) is 0 Å². The van der Waals surface area contributed by atoms with Gasteiger partial charge in [0.2, 0.25) is 0 Å². The summed E-state index contributed by atoms with van der Waals surface area (Å²) in [5.74, 6) is 1.11. The van der Waals surface area contributed by atoms with Crippen LogP contribution in [0.4, 0.5) is 0 Å². The minimum absolute atomic E-state index is 0.524. The van der Waals surface area contributed by atoms with Crippen molar-refractivity contribution in [3.63, 3.8) is 0 Å². The molecule has 0 radical (unpaired) electrons. The molecule has 0 unspecified atom stereocenters. The maximum atomic E-state index is 4.64. The molecule has 0 aliphatic heterocycles. The molecule has 0 bridgehead atoms. The molecule has 0 saturated heterocycles. The van der Waals surface area contributed by atoms with Crippen LogP contribution >= 0.6 is 0 Å². The lowest BCUT2D eigenvalue weighted by Crippen LogP contribution is -2.19. The largest absolute Gasteiger partial charge is 0.338 e. The lowest BCUT2D eigenvalue weighted by atomic mass is 10.2. The number of nitrogens with zero attached hydrogens (tertiary/aromatic N) is 4. The smallest absolute Gasteiger partial charge is 0.109 e. The molecule has 0 saturated carbocycles. The Labute approximate surface area is 121 Å². The first-order valence-corrected chi connectivity index (χ1v) is 7.45. The van der Waals surface area contributed by atoms with E-state index in [2.05, 4.69) is 50.8 Å². The van der Waals surface area contributed by atoms with E-state index in [1.807, 2.05) is 19.4 Å². The van der Waals surface area contributed by atoms with Gasteiger partial charge >= 0.3 is 0 Å². The molecule has 110 valence electrons. The zero-order chi connectivity index (χ0) is 14.4. The number of hydrogen-bond acceptors (Lipinski definition) is 3. The van der Waals surface area contributed by atoms with Crippen LogP contribution in [0.15, 0.2) is 24.7 Å². The van der Waals surface area contributed by atoms with Gasteiger partial charge in [-0.3, -0.25) is 4.68 Å². The van der Waals surface area contributed by atoms with Crippen LogP contribution in [0.25, 0.3) is 0 Å². The van der Waals surface area contributed by atoms with Crippen molar-refractivity contribution in [3.8, 4) is 0 Å². The molecule has 5 nitrogen and oxygen atoms in total. The van der Waals surface area contributed by atoms with Crippen molar-refractivity contribution in [1.82, 2.24) is 24.6 Å². The van der Waals surface area contributed by atoms with Crippen molar-refractivity contribution in [1.29, 1.82) is 0 Å². The summed E-state index contributed by atoms with van der Waals surface area (Å²) in [7, 11) is 2.03. The molecule has 2 heterocycles. The van der Waals surface area contributed by atoms with E-state index in [1.54, 1.807) is 0 Å². The number of rotatable bonds is 8.